The van der Waals surface area contributed by atoms with E-state index in [0.29, 0.717) is 33.0 Å². The molecule has 68 heavy (non-hydrogen) atoms. The van der Waals surface area contributed by atoms with Gasteiger partial charge in [-0.05, 0) is 113 Å². The van der Waals surface area contributed by atoms with E-state index in [1.807, 2.05) is 6.07 Å². The summed E-state index contributed by atoms with van der Waals surface area (Å²) in [5.41, 5.74) is 0.700. The number of alkyl halides is 3. The Kier molecular flexibility index (Phi) is 13.5. The van der Waals surface area contributed by atoms with Gasteiger partial charge >= 0.3 is 6.18 Å². The van der Waals surface area contributed by atoms with Gasteiger partial charge < -0.3 is 10.6 Å². The molecule has 2 N–H and O–H groups in total. The Labute approximate surface area is 392 Å². The Bertz CT molecular complexity index is 3500. The van der Waals surface area contributed by atoms with Crippen molar-refractivity contribution in [3.63, 3.8) is 0 Å². The van der Waals surface area contributed by atoms with Crippen molar-refractivity contribution in [2.75, 3.05) is 0 Å². The highest BCUT2D eigenvalue weighted by Crippen LogP contribution is 2.32. The zero-order valence-corrected chi connectivity index (χ0v) is 37.9. The normalized spacial score (nSPS) is 11.8. The maximum Gasteiger partial charge on any atom is 0.416 e. The molecule has 0 saturated heterocycles. The first-order chi connectivity index (χ1) is 32.4. The molecule has 9 aromatic rings. The fourth-order valence-corrected chi connectivity index (χ4v) is 10.8. The summed E-state index contributed by atoms with van der Waals surface area (Å²) in [6, 6.07) is 27.6. The van der Waals surface area contributed by atoms with E-state index < -0.39 is 48.1 Å². The molecule has 0 unspecified atom stereocenters. The van der Waals surface area contributed by atoms with Gasteiger partial charge in [-0.3, -0.25) is 19.6 Å². The van der Waals surface area contributed by atoms with Gasteiger partial charge in [0, 0.05) is 49.6 Å². The summed E-state index contributed by atoms with van der Waals surface area (Å²) in [7, 11) is -8.19. The highest BCUT2D eigenvalue weighted by molar-refractivity contribution is 7.91. The maximum absolute atomic E-state index is 13.6. The van der Waals surface area contributed by atoms with Crippen LogP contribution in [0, 0.1) is 11.6 Å². The van der Waals surface area contributed by atoms with Crippen molar-refractivity contribution in [3.8, 4) is 11.3 Å². The van der Waals surface area contributed by atoms with Gasteiger partial charge in [0.2, 0.25) is 19.7 Å². The van der Waals surface area contributed by atoms with Gasteiger partial charge in [0.1, 0.15) is 0 Å². The van der Waals surface area contributed by atoms with E-state index >= 15 is 0 Å². The van der Waals surface area contributed by atoms with Gasteiger partial charge in [0.15, 0.2) is 21.7 Å². The second-order valence-corrected chi connectivity index (χ2v) is 20.5. The molecule has 0 aliphatic heterocycles. The number of thiophene rings is 2. The lowest BCUT2D eigenvalue weighted by Gasteiger charge is -2.09. The van der Waals surface area contributed by atoms with Crippen molar-refractivity contribution in [1.29, 1.82) is 0 Å². The van der Waals surface area contributed by atoms with Crippen LogP contribution in [0.25, 0.3) is 31.4 Å². The number of carbonyl (C=O) groups is 2. The number of carbonyl (C=O) groups excluding carboxylic acids is 2. The van der Waals surface area contributed by atoms with Gasteiger partial charge in [0.25, 0.3) is 11.8 Å². The molecule has 0 fully saturated rings. The number of halogens is 5. The molecule has 12 nitrogen and oxygen atoms in total. The van der Waals surface area contributed by atoms with Crippen molar-refractivity contribution >= 4 is 74.3 Å². The molecule has 0 radical (unpaired) electrons. The third kappa shape index (κ3) is 10.6. The molecule has 344 valence electrons. The van der Waals surface area contributed by atoms with Crippen molar-refractivity contribution in [2.24, 2.45) is 0 Å². The van der Waals surface area contributed by atoms with Gasteiger partial charge in [-0.1, -0.05) is 30.3 Å². The molecule has 21 heteroatoms. The van der Waals surface area contributed by atoms with Crippen molar-refractivity contribution < 1.29 is 48.4 Å². The number of nitrogens with zero attached hydrogens (tertiary/aromatic N) is 4. The predicted octanol–water partition coefficient (Wildman–Crippen LogP) is 9.87. The predicted molar refractivity (Wildman–Crippen MR) is 244 cm³/mol. The van der Waals surface area contributed by atoms with E-state index in [1.165, 1.54) is 83.3 Å². The summed E-state index contributed by atoms with van der Waals surface area (Å²) >= 11 is 2.65. The van der Waals surface area contributed by atoms with Crippen molar-refractivity contribution in [1.82, 2.24) is 30.6 Å². The van der Waals surface area contributed by atoms with Crippen LogP contribution in [0.1, 0.15) is 36.0 Å². The van der Waals surface area contributed by atoms with E-state index in [2.05, 4.69) is 30.6 Å². The standard InChI is InChI=1S/C26H17F2N3O3S2.C21H14F3N3O3S2/c27-20-9-6-17(12-21(20)28)22-2-1-3-25(31-22)36(33,34)19-7-4-16(5-8-19)14-30-26(32)23-13-18-10-11-29-15-24(18)35-23;22-21(23,24)15-6-8-26-19(10-15)32(29,30)16-3-1-13(2-4-16)11-27-20(28)17-9-14-5-7-25-12-18(14)31-17/h1-13,15H,14H2,(H,30,32);1-10,12H,11H2,(H,27,28). The van der Waals surface area contributed by atoms with Gasteiger partial charge in [-0.2, -0.15) is 13.2 Å². The Balaban J connectivity index is 0.000000185. The van der Waals surface area contributed by atoms with Crippen LogP contribution in [-0.4, -0.2) is 48.6 Å². The number of hydrogen-bond donors (Lipinski definition) is 2. The van der Waals surface area contributed by atoms with E-state index in [1.54, 1.807) is 55.1 Å². The number of aromatic nitrogens is 4. The molecular weight excluding hydrogens is 968 g/mol. The quantitative estimate of drug-likeness (QED) is 0.119. The first kappa shape index (κ1) is 47.2. The second-order valence-electron chi connectivity index (χ2n) is 14.6. The van der Waals surface area contributed by atoms with Crippen molar-refractivity contribution in [2.45, 2.75) is 39.1 Å². The smallest absolute Gasteiger partial charge is 0.347 e. The summed E-state index contributed by atoms with van der Waals surface area (Å²) in [4.78, 5) is 41.6. The summed E-state index contributed by atoms with van der Waals surface area (Å²) < 4.78 is 119. The van der Waals surface area contributed by atoms with Crippen LogP contribution in [0.3, 0.4) is 0 Å². The monoisotopic (exact) mass is 998 g/mol. The van der Waals surface area contributed by atoms with Gasteiger partial charge in [0.05, 0.1) is 40.2 Å². The number of amides is 2. The lowest BCUT2D eigenvalue weighted by atomic mass is 10.1. The topological polar surface area (TPSA) is 178 Å². The van der Waals surface area contributed by atoms with Gasteiger partial charge in [-0.25, -0.2) is 35.6 Å². The highest BCUT2D eigenvalue weighted by atomic mass is 32.2. The van der Waals surface area contributed by atoms with E-state index in [4.69, 9.17) is 0 Å². The zero-order chi connectivity index (χ0) is 48.2. The molecule has 0 spiro atoms. The lowest BCUT2D eigenvalue weighted by molar-refractivity contribution is -0.137. The SMILES string of the molecule is O=C(NCc1ccc(S(=O)(=O)c2cc(C(F)(F)F)ccn2)cc1)c1cc2ccncc2s1.O=C(NCc1ccc(S(=O)(=O)c2cccc(-c3ccc(F)c(F)c3)n2)cc1)c1cc2ccncc2s1. The molecule has 2 amide bonds. The summed E-state index contributed by atoms with van der Waals surface area (Å²) in [5, 5.41) is 6.53. The average Bonchev–Trinajstić information content (AvgIpc) is 3.99. The molecule has 6 heterocycles. The molecule has 9 rings (SSSR count). The lowest BCUT2D eigenvalue weighted by Crippen LogP contribution is -2.21. The van der Waals surface area contributed by atoms with Crippen LogP contribution >= 0.6 is 22.7 Å². The Morgan fingerprint density at radius 1 is 0.574 bits per heavy atom. The largest absolute Gasteiger partial charge is 0.416 e. The van der Waals surface area contributed by atoms with Crippen LogP contribution in [0.4, 0.5) is 22.0 Å². The summed E-state index contributed by atoms with van der Waals surface area (Å²) in [5.74, 6) is -2.56. The molecule has 0 aliphatic carbocycles. The first-order valence-corrected chi connectivity index (χ1v) is 24.4. The molecule has 0 aliphatic rings. The molecule has 0 atom stereocenters. The molecular formula is C47H31F5N6O6S4. The Morgan fingerprint density at radius 3 is 1.60 bits per heavy atom. The van der Waals surface area contributed by atoms with E-state index in [0.717, 1.165) is 38.5 Å². The van der Waals surface area contributed by atoms with Crippen LogP contribution < -0.4 is 10.6 Å². The number of sulfone groups is 2. The maximum atomic E-state index is 13.6. The summed E-state index contributed by atoms with van der Waals surface area (Å²) in [6.45, 7) is 0.364. The van der Waals surface area contributed by atoms with Crippen molar-refractivity contribution in [3.05, 3.63) is 190 Å². The molecule has 0 bridgehead atoms. The number of benzene rings is 3. The van der Waals surface area contributed by atoms with Crippen LogP contribution in [0.15, 0.2) is 172 Å². The Morgan fingerprint density at radius 2 is 1.10 bits per heavy atom. The average molecular weight is 999 g/mol. The fourth-order valence-electron chi connectivity index (χ4n) is 6.46. The summed E-state index contributed by atoms with van der Waals surface area (Å²) in [6.07, 6.45) is 2.82. The number of fused-ring (bicyclic) bond motifs is 2. The van der Waals surface area contributed by atoms with Gasteiger partial charge in [-0.15, -0.1) is 22.7 Å². The minimum Gasteiger partial charge on any atom is -0.347 e. The zero-order valence-electron chi connectivity index (χ0n) is 34.6. The minimum absolute atomic E-state index is 0.0181. The number of nitrogens with one attached hydrogen (secondary N) is 2. The second kappa shape index (κ2) is 19.5. The fraction of sp³-hybridized carbons (Fsp3) is 0.0638. The van der Waals surface area contributed by atoms with Crippen LogP contribution in [0.2, 0.25) is 0 Å². The minimum atomic E-state index is -4.68. The first-order valence-electron chi connectivity index (χ1n) is 19.8. The highest BCUT2D eigenvalue weighted by Gasteiger charge is 2.32. The van der Waals surface area contributed by atoms with Crippen LogP contribution in [0.5, 0.6) is 0 Å². The molecule has 6 aromatic heterocycles. The Hall–Kier alpha value is -7.33. The third-order valence-electron chi connectivity index (χ3n) is 10.0. The number of hydrogen-bond acceptors (Lipinski definition) is 12. The van der Waals surface area contributed by atoms with E-state index in [9.17, 15) is 48.4 Å². The number of rotatable bonds is 11. The molecule has 3 aromatic carbocycles. The third-order valence-corrected chi connectivity index (χ3v) is 15.5. The number of pyridine rings is 4. The van der Waals surface area contributed by atoms with E-state index in [-0.39, 0.29) is 51.0 Å². The van der Waals surface area contributed by atoms with Crippen LogP contribution in [-0.2, 0) is 38.9 Å². The molecule has 0 saturated carbocycles.